The molecule has 0 N–H and O–H groups in total. The Bertz CT molecular complexity index is 552. The van der Waals surface area contributed by atoms with Crippen LogP contribution in [0.15, 0.2) is 30.6 Å². The summed E-state index contributed by atoms with van der Waals surface area (Å²) >= 11 is 0. The third kappa shape index (κ3) is 1.68. The second kappa shape index (κ2) is 4.15. The normalized spacial score (nSPS) is 10.1. The smallest absolute Gasteiger partial charge is 0.148 e. The quantitative estimate of drug-likeness (QED) is 0.772. The highest BCUT2D eigenvalue weighted by atomic mass is 19.1. The first kappa shape index (κ1) is 10.4. The van der Waals surface area contributed by atoms with E-state index in [1.54, 1.807) is 29.1 Å². The van der Waals surface area contributed by atoms with Crippen molar-refractivity contribution in [3.05, 3.63) is 47.8 Å². The molecule has 0 fully saturated rings. The van der Waals surface area contributed by atoms with Gasteiger partial charge in [0.1, 0.15) is 11.6 Å². The molecule has 0 bridgehead atoms. The monoisotopic (exact) mass is 215 g/mol. The Kier molecular flexibility index (Phi) is 2.69. The van der Waals surface area contributed by atoms with Crippen LogP contribution in [0.4, 0.5) is 4.39 Å². The predicted molar refractivity (Wildman–Crippen MR) is 57.6 cm³/mol. The van der Waals surface area contributed by atoms with Crippen LogP contribution in [0.25, 0.3) is 5.69 Å². The molecular formula is C12H10FN3. The Balaban J connectivity index is 2.53. The summed E-state index contributed by atoms with van der Waals surface area (Å²) in [5.74, 6) is 0.385. The molecule has 4 heteroatoms. The summed E-state index contributed by atoms with van der Waals surface area (Å²) in [7, 11) is 0. The molecule has 1 aromatic carbocycles. The molecule has 0 saturated carbocycles. The van der Waals surface area contributed by atoms with Gasteiger partial charge in [-0.1, -0.05) is 6.92 Å². The van der Waals surface area contributed by atoms with Gasteiger partial charge in [0.15, 0.2) is 0 Å². The molecule has 0 aliphatic rings. The maximum Gasteiger partial charge on any atom is 0.148 e. The molecule has 0 radical (unpaired) electrons. The van der Waals surface area contributed by atoms with Gasteiger partial charge >= 0.3 is 0 Å². The molecule has 2 aromatic rings. The molecule has 0 aliphatic heterocycles. The summed E-state index contributed by atoms with van der Waals surface area (Å²) < 4.78 is 15.4. The van der Waals surface area contributed by atoms with Gasteiger partial charge in [0.25, 0.3) is 0 Å². The molecule has 16 heavy (non-hydrogen) atoms. The van der Waals surface area contributed by atoms with Crippen molar-refractivity contribution >= 4 is 0 Å². The molecule has 1 heterocycles. The van der Waals surface area contributed by atoms with E-state index < -0.39 is 5.82 Å². The Morgan fingerprint density at radius 1 is 1.50 bits per heavy atom. The molecule has 1 aromatic heterocycles. The molecule has 0 atom stereocenters. The van der Waals surface area contributed by atoms with E-state index in [4.69, 9.17) is 5.26 Å². The van der Waals surface area contributed by atoms with E-state index >= 15 is 0 Å². The fourth-order valence-corrected chi connectivity index (χ4v) is 1.59. The zero-order chi connectivity index (χ0) is 11.5. The van der Waals surface area contributed by atoms with Gasteiger partial charge in [-0.25, -0.2) is 9.37 Å². The highest BCUT2D eigenvalue weighted by Crippen LogP contribution is 2.16. The molecule has 80 valence electrons. The van der Waals surface area contributed by atoms with E-state index in [2.05, 4.69) is 4.98 Å². The molecular weight excluding hydrogens is 205 g/mol. The number of aromatic nitrogens is 2. The van der Waals surface area contributed by atoms with Crippen molar-refractivity contribution in [2.24, 2.45) is 0 Å². The van der Waals surface area contributed by atoms with Gasteiger partial charge in [-0.2, -0.15) is 5.26 Å². The molecule has 0 aliphatic carbocycles. The van der Waals surface area contributed by atoms with Crippen LogP contribution >= 0.6 is 0 Å². The number of hydrogen-bond donors (Lipinski definition) is 0. The molecule has 0 saturated heterocycles. The van der Waals surface area contributed by atoms with Crippen molar-refractivity contribution < 1.29 is 4.39 Å². The average Bonchev–Trinajstić information content (AvgIpc) is 2.76. The minimum atomic E-state index is -0.410. The zero-order valence-electron chi connectivity index (χ0n) is 8.81. The van der Waals surface area contributed by atoms with Crippen molar-refractivity contribution in [1.29, 1.82) is 5.26 Å². The van der Waals surface area contributed by atoms with Crippen LogP contribution < -0.4 is 0 Å². The fourth-order valence-electron chi connectivity index (χ4n) is 1.59. The maximum atomic E-state index is 13.7. The van der Waals surface area contributed by atoms with Gasteiger partial charge < -0.3 is 4.57 Å². The summed E-state index contributed by atoms with van der Waals surface area (Å²) in [5, 5.41) is 8.65. The Morgan fingerprint density at radius 3 is 2.94 bits per heavy atom. The molecule has 2 rings (SSSR count). The van der Waals surface area contributed by atoms with Gasteiger partial charge in [-0.15, -0.1) is 0 Å². The van der Waals surface area contributed by atoms with Gasteiger partial charge in [-0.05, 0) is 18.2 Å². The average molecular weight is 215 g/mol. The Morgan fingerprint density at radius 2 is 2.31 bits per heavy atom. The molecule has 3 nitrogen and oxygen atoms in total. The van der Waals surface area contributed by atoms with Crippen LogP contribution in [-0.4, -0.2) is 9.55 Å². The first-order chi connectivity index (χ1) is 7.76. The minimum absolute atomic E-state index is 0.319. The van der Waals surface area contributed by atoms with Crippen LogP contribution in [0.2, 0.25) is 0 Å². The van der Waals surface area contributed by atoms with Gasteiger partial charge in [0, 0.05) is 18.8 Å². The number of rotatable bonds is 2. The molecule has 0 spiro atoms. The highest BCUT2D eigenvalue weighted by molar-refractivity contribution is 5.41. The summed E-state index contributed by atoms with van der Waals surface area (Å²) in [6, 6.07) is 6.32. The van der Waals surface area contributed by atoms with E-state index in [0.29, 0.717) is 11.3 Å². The van der Waals surface area contributed by atoms with Crippen LogP contribution in [0, 0.1) is 17.1 Å². The lowest BCUT2D eigenvalue weighted by atomic mass is 10.2. The number of benzene rings is 1. The second-order valence-corrected chi connectivity index (χ2v) is 3.35. The van der Waals surface area contributed by atoms with Crippen LogP contribution in [0.1, 0.15) is 18.3 Å². The van der Waals surface area contributed by atoms with Gasteiger partial charge in [-0.3, -0.25) is 0 Å². The van der Waals surface area contributed by atoms with E-state index in [1.807, 2.05) is 13.0 Å². The van der Waals surface area contributed by atoms with Crippen LogP contribution in [0.5, 0.6) is 0 Å². The van der Waals surface area contributed by atoms with Crippen molar-refractivity contribution in [3.63, 3.8) is 0 Å². The summed E-state index contributed by atoms with van der Waals surface area (Å²) in [6.07, 6.45) is 4.08. The highest BCUT2D eigenvalue weighted by Gasteiger charge is 2.08. The Labute approximate surface area is 92.8 Å². The van der Waals surface area contributed by atoms with E-state index in [0.717, 1.165) is 12.2 Å². The third-order valence-electron chi connectivity index (χ3n) is 2.37. The van der Waals surface area contributed by atoms with Gasteiger partial charge in [0.2, 0.25) is 0 Å². The predicted octanol–water partition coefficient (Wildman–Crippen LogP) is 2.45. The Hall–Kier alpha value is -2.15. The summed E-state index contributed by atoms with van der Waals surface area (Å²) in [4.78, 5) is 4.13. The number of aryl methyl sites for hydroxylation is 1. The zero-order valence-corrected chi connectivity index (χ0v) is 8.81. The second-order valence-electron chi connectivity index (χ2n) is 3.35. The van der Waals surface area contributed by atoms with E-state index in [1.165, 1.54) is 6.07 Å². The topological polar surface area (TPSA) is 41.6 Å². The van der Waals surface area contributed by atoms with Crippen molar-refractivity contribution in [1.82, 2.24) is 9.55 Å². The van der Waals surface area contributed by atoms with Gasteiger partial charge in [0.05, 0.1) is 17.3 Å². The SMILES string of the molecule is CCc1nccn1-c1ccc(C#N)cc1F. The number of halogens is 1. The number of nitriles is 1. The molecule has 0 amide bonds. The maximum absolute atomic E-state index is 13.7. The van der Waals surface area contributed by atoms with Crippen LogP contribution in [0.3, 0.4) is 0 Å². The number of imidazole rings is 1. The van der Waals surface area contributed by atoms with E-state index in [9.17, 15) is 4.39 Å². The van der Waals surface area contributed by atoms with Crippen LogP contribution in [-0.2, 0) is 6.42 Å². The van der Waals surface area contributed by atoms with E-state index in [-0.39, 0.29) is 0 Å². The lowest BCUT2D eigenvalue weighted by molar-refractivity contribution is 0.615. The minimum Gasteiger partial charge on any atom is -0.301 e. The number of nitrogens with zero attached hydrogens (tertiary/aromatic N) is 3. The van der Waals surface area contributed by atoms with Crippen molar-refractivity contribution in [2.75, 3.05) is 0 Å². The lowest BCUT2D eigenvalue weighted by Crippen LogP contribution is -2.01. The van der Waals surface area contributed by atoms with Crippen molar-refractivity contribution in [3.8, 4) is 11.8 Å². The van der Waals surface area contributed by atoms with Crippen molar-refractivity contribution in [2.45, 2.75) is 13.3 Å². The fraction of sp³-hybridized carbons (Fsp3) is 0.167. The summed E-state index contributed by atoms with van der Waals surface area (Å²) in [5.41, 5.74) is 0.743. The lowest BCUT2D eigenvalue weighted by Gasteiger charge is -2.07. The first-order valence-electron chi connectivity index (χ1n) is 4.98. The molecule has 0 unspecified atom stereocenters. The third-order valence-corrected chi connectivity index (χ3v) is 2.37. The number of hydrogen-bond acceptors (Lipinski definition) is 2. The largest absolute Gasteiger partial charge is 0.301 e. The summed E-state index contributed by atoms with van der Waals surface area (Å²) in [6.45, 7) is 1.96. The standard InChI is InChI=1S/C12H10FN3/c1-2-12-15-5-6-16(12)11-4-3-9(8-14)7-10(11)13/h3-7H,2H2,1H3. The first-order valence-corrected chi connectivity index (χ1v) is 4.98.